The maximum Gasteiger partial charge on any atom is 0.212 e. The Labute approximate surface area is 111 Å². The van der Waals surface area contributed by atoms with Crippen LogP contribution in [0.3, 0.4) is 0 Å². The smallest absolute Gasteiger partial charge is 0.212 e. The van der Waals surface area contributed by atoms with Crippen LogP contribution in [0.25, 0.3) is 0 Å². The van der Waals surface area contributed by atoms with Crippen molar-refractivity contribution in [2.24, 2.45) is 0 Å². The van der Waals surface area contributed by atoms with E-state index in [1.807, 2.05) is 18.2 Å². The number of nitrogens with one attached hydrogen (secondary N) is 1. The van der Waals surface area contributed by atoms with Crippen LogP contribution < -0.4 is 14.8 Å². The highest BCUT2D eigenvalue weighted by Crippen LogP contribution is 2.23. The molecule has 5 heteroatoms. The first-order valence-electron chi connectivity index (χ1n) is 5.78. The van der Waals surface area contributed by atoms with E-state index in [-0.39, 0.29) is 0 Å². The predicted molar refractivity (Wildman–Crippen MR) is 71.1 cm³/mol. The molecule has 1 aromatic heterocycles. The molecule has 1 heterocycles. The highest BCUT2D eigenvalue weighted by molar-refractivity contribution is 5.43. The number of hydrogen-bond donors (Lipinski definition) is 1. The number of hydrogen-bond acceptors (Lipinski definition) is 4. The summed E-state index contributed by atoms with van der Waals surface area (Å²) in [4.78, 5) is 3.58. The molecule has 0 aliphatic rings. The van der Waals surface area contributed by atoms with Crippen molar-refractivity contribution in [3.8, 4) is 11.5 Å². The van der Waals surface area contributed by atoms with Crippen molar-refractivity contribution in [1.82, 2.24) is 4.98 Å². The van der Waals surface area contributed by atoms with Gasteiger partial charge in [0.15, 0.2) is 0 Å². The molecule has 0 spiro atoms. The Morgan fingerprint density at radius 3 is 2.32 bits per heavy atom. The fourth-order valence-corrected chi connectivity index (χ4v) is 1.65. The van der Waals surface area contributed by atoms with E-state index >= 15 is 0 Å². The largest absolute Gasteiger partial charge is 0.497 e. The molecule has 2 rings (SSSR count). The van der Waals surface area contributed by atoms with Gasteiger partial charge in [0.05, 0.1) is 26.1 Å². The van der Waals surface area contributed by atoms with Gasteiger partial charge in [0, 0.05) is 12.6 Å². The van der Waals surface area contributed by atoms with Gasteiger partial charge in [-0.15, -0.1) is 0 Å². The maximum absolute atomic E-state index is 12.7. The average Bonchev–Trinajstić information content (AvgIpc) is 2.46. The lowest BCUT2D eigenvalue weighted by atomic mass is 10.2. The predicted octanol–water partition coefficient (Wildman–Crippen LogP) is 2.85. The van der Waals surface area contributed by atoms with E-state index in [0.717, 1.165) is 22.7 Å². The Balaban J connectivity index is 2.08. The summed E-state index contributed by atoms with van der Waals surface area (Å²) in [6.45, 7) is 0.570. The number of ether oxygens (including phenoxy) is 2. The van der Waals surface area contributed by atoms with Crippen molar-refractivity contribution in [3.63, 3.8) is 0 Å². The van der Waals surface area contributed by atoms with Crippen molar-refractivity contribution in [2.75, 3.05) is 19.5 Å². The minimum atomic E-state index is -0.492. The van der Waals surface area contributed by atoms with Crippen LogP contribution in [0.5, 0.6) is 11.5 Å². The summed E-state index contributed by atoms with van der Waals surface area (Å²) >= 11 is 0. The fourth-order valence-electron chi connectivity index (χ4n) is 1.65. The molecule has 0 radical (unpaired) electrons. The van der Waals surface area contributed by atoms with Gasteiger partial charge in [0.25, 0.3) is 0 Å². The molecule has 0 amide bonds. The van der Waals surface area contributed by atoms with Gasteiger partial charge in [0.1, 0.15) is 11.5 Å². The first-order chi connectivity index (χ1) is 9.21. The van der Waals surface area contributed by atoms with Gasteiger partial charge in [-0.2, -0.15) is 4.39 Å². The molecule has 1 N–H and O–H groups in total. The monoisotopic (exact) mass is 262 g/mol. The van der Waals surface area contributed by atoms with Gasteiger partial charge in [-0.25, -0.2) is 4.98 Å². The number of benzene rings is 1. The Morgan fingerprint density at radius 2 is 1.79 bits per heavy atom. The molecule has 0 saturated carbocycles. The molecule has 0 unspecified atom stereocenters. The Hall–Kier alpha value is -2.30. The number of aromatic nitrogens is 1. The average molecular weight is 262 g/mol. The molecular formula is C14H15FN2O2. The molecule has 100 valence electrons. The zero-order valence-corrected chi connectivity index (χ0v) is 10.8. The summed E-state index contributed by atoms with van der Waals surface area (Å²) in [5.41, 5.74) is 1.75. The number of methoxy groups -OCH3 is 2. The number of anilines is 1. The number of rotatable bonds is 5. The van der Waals surface area contributed by atoms with Crippen molar-refractivity contribution >= 4 is 5.69 Å². The van der Waals surface area contributed by atoms with Crippen LogP contribution in [-0.4, -0.2) is 19.2 Å². The highest BCUT2D eigenvalue weighted by Gasteiger charge is 2.02. The zero-order chi connectivity index (χ0) is 13.7. The second kappa shape index (κ2) is 6.04. The van der Waals surface area contributed by atoms with Gasteiger partial charge in [-0.3, -0.25) is 0 Å². The second-order valence-corrected chi connectivity index (χ2v) is 3.94. The maximum atomic E-state index is 12.7. The molecule has 19 heavy (non-hydrogen) atoms. The van der Waals surface area contributed by atoms with E-state index < -0.39 is 5.95 Å². The van der Waals surface area contributed by atoms with Crippen LogP contribution in [0, 0.1) is 5.95 Å². The van der Waals surface area contributed by atoms with E-state index in [1.54, 1.807) is 20.3 Å². The Kier molecular flexibility index (Phi) is 4.18. The quantitative estimate of drug-likeness (QED) is 0.841. The molecular weight excluding hydrogens is 247 g/mol. The minimum absolute atomic E-state index is 0.492. The third-order valence-electron chi connectivity index (χ3n) is 2.64. The molecule has 0 bridgehead atoms. The summed E-state index contributed by atoms with van der Waals surface area (Å²) in [6, 6.07) is 8.58. The van der Waals surface area contributed by atoms with Crippen LogP contribution >= 0.6 is 0 Å². The molecule has 0 saturated heterocycles. The van der Waals surface area contributed by atoms with Crippen LogP contribution in [0.4, 0.5) is 10.1 Å². The first-order valence-corrected chi connectivity index (χ1v) is 5.78. The first kappa shape index (κ1) is 13.1. The van der Waals surface area contributed by atoms with Gasteiger partial charge in [-0.05, 0) is 29.8 Å². The van der Waals surface area contributed by atoms with Crippen LogP contribution in [0.15, 0.2) is 36.5 Å². The Bertz CT molecular complexity index is 521. The van der Waals surface area contributed by atoms with E-state index in [4.69, 9.17) is 9.47 Å². The van der Waals surface area contributed by atoms with Crippen LogP contribution in [-0.2, 0) is 6.54 Å². The third-order valence-corrected chi connectivity index (χ3v) is 2.64. The topological polar surface area (TPSA) is 43.4 Å². The highest BCUT2D eigenvalue weighted by atomic mass is 19.1. The normalized spacial score (nSPS) is 10.1. The zero-order valence-electron chi connectivity index (χ0n) is 10.8. The number of pyridine rings is 1. The van der Waals surface area contributed by atoms with E-state index in [0.29, 0.717) is 6.54 Å². The molecule has 0 atom stereocenters. The fraction of sp³-hybridized carbons (Fsp3) is 0.214. The van der Waals surface area contributed by atoms with Crippen molar-refractivity contribution < 1.29 is 13.9 Å². The van der Waals surface area contributed by atoms with E-state index in [2.05, 4.69) is 10.3 Å². The summed E-state index contributed by atoms with van der Waals surface area (Å²) in [5.74, 6) is 0.968. The standard InChI is InChI=1S/C14H15FN2O2/c1-18-12-5-10(6-13(7-12)19-2)8-16-11-3-4-14(15)17-9-11/h3-7,9,16H,8H2,1-2H3. The van der Waals surface area contributed by atoms with Crippen molar-refractivity contribution in [1.29, 1.82) is 0 Å². The Morgan fingerprint density at radius 1 is 1.11 bits per heavy atom. The molecule has 0 aliphatic carbocycles. The lowest BCUT2D eigenvalue weighted by Crippen LogP contribution is -2.01. The van der Waals surface area contributed by atoms with E-state index in [1.165, 1.54) is 12.3 Å². The van der Waals surface area contributed by atoms with Gasteiger partial charge in [0.2, 0.25) is 5.95 Å². The second-order valence-electron chi connectivity index (χ2n) is 3.94. The summed E-state index contributed by atoms with van der Waals surface area (Å²) < 4.78 is 23.1. The summed E-state index contributed by atoms with van der Waals surface area (Å²) in [5, 5.41) is 3.15. The molecule has 2 aromatic rings. The number of nitrogens with zero attached hydrogens (tertiary/aromatic N) is 1. The van der Waals surface area contributed by atoms with Crippen LogP contribution in [0.2, 0.25) is 0 Å². The summed E-state index contributed by atoms with van der Waals surface area (Å²) in [7, 11) is 3.21. The van der Waals surface area contributed by atoms with E-state index in [9.17, 15) is 4.39 Å². The van der Waals surface area contributed by atoms with Gasteiger partial charge >= 0.3 is 0 Å². The summed E-state index contributed by atoms with van der Waals surface area (Å²) in [6.07, 6.45) is 1.45. The lowest BCUT2D eigenvalue weighted by Gasteiger charge is -2.10. The van der Waals surface area contributed by atoms with Gasteiger partial charge in [-0.1, -0.05) is 0 Å². The molecule has 4 nitrogen and oxygen atoms in total. The van der Waals surface area contributed by atoms with Crippen molar-refractivity contribution in [3.05, 3.63) is 48.0 Å². The molecule has 0 fully saturated rings. The SMILES string of the molecule is COc1cc(CNc2ccc(F)nc2)cc(OC)c1. The molecule has 0 aliphatic heterocycles. The minimum Gasteiger partial charge on any atom is -0.497 e. The lowest BCUT2D eigenvalue weighted by molar-refractivity contribution is 0.393. The van der Waals surface area contributed by atoms with Gasteiger partial charge < -0.3 is 14.8 Å². The van der Waals surface area contributed by atoms with Crippen molar-refractivity contribution in [2.45, 2.75) is 6.54 Å². The number of halogens is 1. The van der Waals surface area contributed by atoms with Crippen LogP contribution in [0.1, 0.15) is 5.56 Å². The molecule has 1 aromatic carbocycles. The third kappa shape index (κ3) is 3.58.